The van der Waals surface area contributed by atoms with E-state index in [0.717, 1.165) is 42.5 Å². The first-order valence-electron chi connectivity index (χ1n) is 8.77. The molecule has 1 fully saturated rings. The van der Waals surface area contributed by atoms with Crippen molar-refractivity contribution in [2.45, 2.75) is 44.4 Å². The average Bonchev–Trinajstić information content (AvgIpc) is 2.62. The standard InChI is InChI=1S/C21H24ClNO2/c1-15-9-10-19(25-2)18(13-15)23-20(24)21(11-4-3-5-12-21)16-7-6-8-17(22)14-16/h6-10,13-14H,3-5,11-12H2,1-2H3,(H,23,24). The predicted octanol–water partition coefficient (Wildman–Crippen LogP) is 5.50. The van der Waals surface area contributed by atoms with Crippen molar-refractivity contribution in [3.05, 3.63) is 58.6 Å². The van der Waals surface area contributed by atoms with E-state index < -0.39 is 5.41 Å². The number of amides is 1. The molecule has 0 aromatic heterocycles. The third-order valence-corrected chi connectivity index (χ3v) is 5.36. The molecule has 1 saturated carbocycles. The molecule has 0 spiro atoms. The lowest BCUT2D eigenvalue weighted by Gasteiger charge is -2.36. The van der Waals surface area contributed by atoms with E-state index in [1.165, 1.54) is 6.42 Å². The molecular weight excluding hydrogens is 334 g/mol. The van der Waals surface area contributed by atoms with Gasteiger partial charge in [0.2, 0.25) is 5.91 Å². The highest BCUT2D eigenvalue weighted by molar-refractivity contribution is 6.30. The van der Waals surface area contributed by atoms with Gasteiger partial charge < -0.3 is 10.1 Å². The molecule has 0 atom stereocenters. The van der Waals surface area contributed by atoms with E-state index in [1.807, 2.05) is 49.4 Å². The van der Waals surface area contributed by atoms with Crippen molar-refractivity contribution < 1.29 is 9.53 Å². The lowest BCUT2D eigenvalue weighted by molar-refractivity contribution is -0.122. The minimum absolute atomic E-state index is 0.0263. The molecule has 1 N–H and O–H groups in total. The second kappa shape index (κ2) is 7.49. The number of carbonyl (C=O) groups is 1. The highest BCUT2D eigenvalue weighted by Crippen LogP contribution is 2.41. The Bertz CT molecular complexity index is 766. The second-order valence-corrected chi connectivity index (χ2v) is 7.25. The average molecular weight is 358 g/mol. The molecular formula is C21H24ClNO2. The van der Waals surface area contributed by atoms with Crippen LogP contribution in [0.25, 0.3) is 0 Å². The van der Waals surface area contributed by atoms with Gasteiger partial charge in [-0.15, -0.1) is 0 Å². The van der Waals surface area contributed by atoms with Gasteiger partial charge in [-0.2, -0.15) is 0 Å². The quantitative estimate of drug-likeness (QED) is 0.784. The van der Waals surface area contributed by atoms with Crippen LogP contribution < -0.4 is 10.1 Å². The number of ether oxygens (including phenoxy) is 1. The summed E-state index contributed by atoms with van der Waals surface area (Å²) in [6.45, 7) is 2.00. The molecule has 132 valence electrons. The fraction of sp³-hybridized carbons (Fsp3) is 0.381. The zero-order valence-corrected chi connectivity index (χ0v) is 15.5. The Morgan fingerprint density at radius 3 is 2.56 bits per heavy atom. The van der Waals surface area contributed by atoms with E-state index in [4.69, 9.17) is 16.3 Å². The summed E-state index contributed by atoms with van der Waals surface area (Å²) >= 11 is 6.21. The number of aryl methyl sites for hydroxylation is 1. The molecule has 1 amide bonds. The molecule has 0 saturated heterocycles. The monoisotopic (exact) mass is 357 g/mol. The summed E-state index contributed by atoms with van der Waals surface area (Å²) in [4.78, 5) is 13.4. The molecule has 3 rings (SSSR count). The highest BCUT2D eigenvalue weighted by atomic mass is 35.5. The van der Waals surface area contributed by atoms with Gasteiger partial charge in [0.05, 0.1) is 18.2 Å². The van der Waals surface area contributed by atoms with Crippen LogP contribution in [0, 0.1) is 6.92 Å². The summed E-state index contributed by atoms with van der Waals surface area (Å²) in [5, 5.41) is 3.79. The molecule has 0 radical (unpaired) electrons. The van der Waals surface area contributed by atoms with Gasteiger partial charge in [0.15, 0.2) is 0 Å². The summed E-state index contributed by atoms with van der Waals surface area (Å²) in [7, 11) is 1.62. The van der Waals surface area contributed by atoms with Gasteiger partial charge >= 0.3 is 0 Å². The van der Waals surface area contributed by atoms with Crippen LogP contribution in [0.15, 0.2) is 42.5 Å². The number of carbonyl (C=O) groups excluding carboxylic acids is 1. The number of rotatable bonds is 4. The van der Waals surface area contributed by atoms with E-state index in [9.17, 15) is 4.79 Å². The Balaban J connectivity index is 1.97. The Morgan fingerprint density at radius 2 is 1.88 bits per heavy atom. The molecule has 3 nitrogen and oxygen atoms in total. The fourth-order valence-corrected chi connectivity index (χ4v) is 3.94. The van der Waals surface area contributed by atoms with Gasteiger partial charge in [-0.3, -0.25) is 4.79 Å². The molecule has 1 aliphatic rings. The zero-order valence-electron chi connectivity index (χ0n) is 14.8. The van der Waals surface area contributed by atoms with Gasteiger partial charge in [-0.25, -0.2) is 0 Å². The number of hydrogen-bond acceptors (Lipinski definition) is 2. The van der Waals surface area contributed by atoms with Gasteiger partial charge in [0, 0.05) is 5.02 Å². The lowest BCUT2D eigenvalue weighted by Crippen LogP contribution is -2.42. The van der Waals surface area contributed by atoms with Crippen LogP contribution in [-0.2, 0) is 10.2 Å². The predicted molar refractivity (Wildman–Crippen MR) is 103 cm³/mol. The summed E-state index contributed by atoms with van der Waals surface area (Å²) < 4.78 is 5.41. The van der Waals surface area contributed by atoms with E-state index in [1.54, 1.807) is 7.11 Å². The summed E-state index contributed by atoms with van der Waals surface area (Å²) in [6.07, 6.45) is 4.94. The van der Waals surface area contributed by atoms with E-state index in [-0.39, 0.29) is 5.91 Å². The number of methoxy groups -OCH3 is 1. The van der Waals surface area contributed by atoms with Crippen molar-refractivity contribution in [2.24, 2.45) is 0 Å². The minimum Gasteiger partial charge on any atom is -0.495 e. The van der Waals surface area contributed by atoms with E-state index in [2.05, 4.69) is 5.32 Å². The maximum absolute atomic E-state index is 13.4. The Morgan fingerprint density at radius 1 is 1.12 bits per heavy atom. The number of halogens is 1. The van der Waals surface area contributed by atoms with Gasteiger partial charge in [0.25, 0.3) is 0 Å². The molecule has 25 heavy (non-hydrogen) atoms. The third-order valence-electron chi connectivity index (χ3n) is 5.12. The van der Waals surface area contributed by atoms with Crippen LogP contribution in [0.3, 0.4) is 0 Å². The third kappa shape index (κ3) is 3.67. The van der Waals surface area contributed by atoms with Crippen LogP contribution >= 0.6 is 11.6 Å². The summed E-state index contributed by atoms with van der Waals surface area (Å²) in [6, 6.07) is 13.5. The molecule has 4 heteroatoms. The second-order valence-electron chi connectivity index (χ2n) is 6.81. The Labute approximate surface area is 154 Å². The van der Waals surface area contributed by atoms with Crippen LogP contribution in [0.2, 0.25) is 5.02 Å². The number of hydrogen-bond donors (Lipinski definition) is 1. The molecule has 1 aliphatic carbocycles. The number of anilines is 1. The van der Waals surface area contributed by atoms with Gasteiger partial charge in [-0.1, -0.05) is 49.1 Å². The van der Waals surface area contributed by atoms with Crippen molar-refractivity contribution in [3.8, 4) is 5.75 Å². The van der Waals surface area contributed by atoms with Crippen molar-refractivity contribution in [2.75, 3.05) is 12.4 Å². The topological polar surface area (TPSA) is 38.3 Å². The lowest BCUT2D eigenvalue weighted by atomic mass is 9.68. The van der Waals surface area contributed by atoms with Crippen LogP contribution in [-0.4, -0.2) is 13.0 Å². The maximum Gasteiger partial charge on any atom is 0.235 e. The Hall–Kier alpha value is -2.00. The Kier molecular flexibility index (Phi) is 5.33. The molecule has 0 bridgehead atoms. The molecule has 0 aliphatic heterocycles. The largest absolute Gasteiger partial charge is 0.495 e. The first kappa shape index (κ1) is 17.8. The fourth-order valence-electron chi connectivity index (χ4n) is 3.75. The van der Waals surface area contributed by atoms with Crippen molar-refractivity contribution in [1.82, 2.24) is 0 Å². The van der Waals surface area contributed by atoms with Crippen molar-refractivity contribution in [3.63, 3.8) is 0 Å². The van der Waals surface area contributed by atoms with Crippen LogP contribution in [0.1, 0.15) is 43.2 Å². The van der Waals surface area contributed by atoms with Crippen LogP contribution in [0.4, 0.5) is 5.69 Å². The highest BCUT2D eigenvalue weighted by Gasteiger charge is 2.41. The minimum atomic E-state index is -0.530. The van der Waals surface area contributed by atoms with Crippen LogP contribution in [0.5, 0.6) is 5.75 Å². The molecule has 0 unspecified atom stereocenters. The first-order chi connectivity index (χ1) is 12.0. The van der Waals surface area contributed by atoms with Crippen molar-refractivity contribution in [1.29, 1.82) is 0 Å². The SMILES string of the molecule is COc1ccc(C)cc1NC(=O)C1(c2cccc(Cl)c2)CCCCC1. The van der Waals surface area contributed by atoms with E-state index >= 15 is 0 Å². The molecule has 0 heterocycles. The normalized spacial score (nSPS) is 16.3. The smallest absolute Gasteiger partial charge is 0.235 e. The first-order valence-corrected chi connectivity index (χ1v) is 9.15. The summed E-state index contributed by atoms with van der Waals surface area (Å²) in [5.41, 5.74) is 2.28. The number of nitrogens with one attached hydrogen (secondary N) is 1. The van der Waals surface area contributed by atoms with E-state index in [0.29, 0.717) is 10.8 Å². The van der Waals surface area contributed by atoms with Gasteiger partial charge in [-0.05, 0) is 55.2 Å². The number of benzene rings is 2. The summed E-state index contributed by atoms with van der Waals surface area (Å²) in [5.74, 6) is 0.703. The van der Waals surface area contributed by atoms with Gasteiger partial charge in [0.1, 0.15) is 5.75 Å². The maximum atomic E-state index is 13.4. The zero-order chi connectivity index (χ0) is 17.9. The molecule has 2 aromatic rings. The molecule has 2 aromatic carbocycles. The van der Waals surface area contributed by atoms with Crippen molar-refractivity contribution >= 4 is 23.2 Å².